The van der Waals surface area contributed by atoms with Crippen LogP contribution in [0.25, 0.3) is 0 Å². The van der Waals surface area contributed by atoms with Gasteiger partial charge < -0.3 is 0 Å². The zero-order valence-corrected chi connectivity index (χ0v) is 15.1. The number of hydrazine groups is 1. The minimum absolute atomic E-state index is 0.227. The Kier molecular flexibility index (Phi) is 6.76. The SMILES string of the molecule is CCN(CC(=O)NNC(=O)c1ccccc1Br)Cc1cccs1. The van der Waals surface area contributed by atoms with Crippen molar-refractivity contribution in [3.8, 4) is 0 Å². The first-order chi connectivity index (χ1) is 11.1. The molecule has 1 aromatic heterocycles. The summed E-state index contributed by atoms with van der Waals surface area (Å²) in [6.07, 6.45) is 0. The van der Waals surface area contributed by atoms with Crippen molar-refractivity contribution in [2.75, 3.05) is 13.1 Å². The fourth-order valence-corrected chi connectivity index (χ4v) is 3.20. The molecule has 0 unspecified atom stereocenters. The third-order valence-corrected chi connectivity index (χ3v) is 4.76. The summed E-state index contributed by atoms with van der Waals surface area (Å²) in [5.41, 5.74) is 5.36. The summed E-state index contributed by atoms with van der Waals surface area (Å²) in [4.78, 5) is 27.2. The molecule has 0 aliphatic carbocycles. The minimum Gasteiger partial charge on any atom is -0.290 e. The van der Waals surface area contributed by atoms with Crippen LogP contribution in [0.15, 0.2) is 46.3 Å². The van der Waals surface area contributed by atoms with Crippen LogP contribution >= 0.6 is 27.3 Å². The van der Waals surface area contributed by atoms with E-state index in [9.17, 15) is 9.59 Å². The molecule has 5 nitrogen and oxygen atoms in total. The first-order valence-electron chi connectivity index (χ1n) is 7.18. The number of nitrogens with zero attached hydrogens (tertiary/aromatic N) is 1. The molecule has 2 amide bonds. The molecular weight excluding hydrogens is 378 g/mol. The predicted octanol–water partition coefficient (Wildman–Crippen LogP) is 2.79. The highest BCUT2D eigenvalue weighted by atomic mass is 79.9. The van der Waals surface area contributed by atoms with E-state index < -0.39 is 0 Å². The lowest BCUT2D eigenvalue weighted by Crippen LogP contribution is -2.46. The minimum atomic E-state index is -0.355. The number of hydrogen-bond donors (Lipinski definition) is 2. The Morgan fingerprint density at radius 1 is 1.17 bits per heavy atom. The van der Waals surface area contributed by atoms with Crippen LogP contribution in [0.1, 0.15) is 22.2 Å². The smallest absolute Gasteiger partial charge is 0.270 e. The van der Waals surface area contributed by atoms with E-state index in [1.807, 2.05) is 35.4 Å². The van der Waals surface area contributed by atoms with E-state index in [1.165, 1.54) is 4.88 Å². The first kappa shape index (κ1) is 17.7. The van der Waals surface area contributed by atoms with Crippen molar-refractivity contribution in [1.29, 1.82) is 0 Å². The number of amides is 2. The third kappa shape index (κ3) is 5.46. The van der Waals surface area contributed by atoms with Gasteiger partial charge >= 0.3 is 0 Å². The molecule has 0 spiro atoms. The van der Waals surface area contributed by atoms with Crippen molar-refractivity contribution in [3.05, 3.63) is 56.7 Å². The van der Waals surface area contributed by atoms with E-state index in [4.69, 9.17) is 0 Å². The van der Waals surface area contributed by atoms with Crippen molar-refractivity contribution in [1.82, 2.24) is 15.8 Å². The van der Waals surface area contributed by atoms with E-state index >= 15 is 0 Å². The molecule has 0 atom stereocenters. The van der Waals surface area contributed by atoms with Crippen LogP contribution in [0.4, 0.5) is 0 Å². The summed E-state index contributed by atoms with van der Waals surface area (Å²) >= 11 is 4.97. The van der Waals surface area contributed by atoms with Gasteiger partial charge in [0.25, 0.3) is 11.8 Å². The normalized spacial score (nSPS) is 10.6. The molecule has 23 heavy (non-hydrogen) atoms. The lowest BCUT2D eigenvalue weighted by atomic mass is 10.2. The largest absolute Gasteiger partial charge is 0.290 e. The Labute approximate surface area is 147 Å². The maximum atomic E-state index is 12.0. The Hall–Kier alpha value is -1.70. The Morgan fingerprint density at radius 2 is 1.96 bits per heavy atom. The number of benzene rings is 1. The molecule has 2 aromatic rings. The van der Waals surface area contributed by atoms with Crippen molar-refractivity contribution in [3.63, 3.8) is 0 Å². The Bertz CT molecular complexity index is 661. The zero-order chi connectivity index (χ0) is 16.7. The van der Waals surface area contributed by atoms with E-state index in [1.54, 1.807) is 29.5 Å². The van der Waals surface area contributed by atoms with Crippen molar-refractivity contribution >= 4 is 39.1 Å². The van der Waals surface area contributed by atoms with Gasteiger partial charge in [0.05, 0.1) is 12.1 Å². The number of carbonyl (C=O) groups is 2. The maximum absolute atomic E-state index is 12.0. The van der Waals surface area contributed by atoms with Gasteiger partial charge in [-0.25, -0.2) is 0 Å². The highest BCUT2D eigenvalue weighted by molar-refractivity contribution is 9.10. The lowest BCUT2D eigenvalue weighted by molar-refractivity contribution is -0.123. The van der Waals surface area contributed by atoms with Gasteiger partial charge in [0.1, 0.15) is 0 Å². The number of nitrogens with one attached hydrogen (secondary N) is 2. The average molecular weight is 396 g/mol. The van der Waals surface area contributed by atoms with Crippen molar-refractivity contribution in [2.24, 2.45) is 0 Å². The molecule has 0 radical (unpaired) electrons. The quantitative estimate of drug-likeness (QED) is 0.739. The summed E-state index contributed by atoms with van der Waals surface area (Å²) in [5.74, 6) is -0.601. The number of thiophene rings is 1. The van der Waals surface area contributed by atoms with Crippen LogP contribution in [-0.2, 0) is 11.3 Å². The summed E-state index contributed by atoms with van der Waals surface area (Å²) < 4.78 is 0.680. The topological polar surface area (TPSA) is 61.4 Å². The summed E-state index contributed by atoms with van der Waals surface area (Å²) in [7, 11) is 0. The Morgan fingerprint density at radius 3 is 2.61 bits per heavy atom. The van der Waals surface area contributed by atoms with Gasteiger partial charge in [0, 0.05) is 15.9 Å². The standard InChI is InChI=1S/C16H18BrN3O2S/c1-2-20(10-12-6-5-9-23-12)11-15(21)18-19-16(22)13-7-3-4-8-14(13)17/h3-9H,2,10-11H2,1H3,(H,18,21)(H,19,22). The fraction of sp³-hybridized carbons (Fsp3) is 0.250. The van der Waals surface area contributed by atoms with Gasteiger partial charge in [0.2, 0.25) is 0 Å². The van der Waals surface area contributed by atoms with Crippen LogP contribution in [0.3, 0.4) is 0 Å². The number of hydrogen-bond acceptors (Lipinski definition) is 4. The van der Waals surface area contributed by atoms with Gasteiger partial charge in [-0.05, 0) is 46.1 Å². The average Bonchev–Trinajstić information content (AvgIpc) is 3.05. The second-order valence-electron chi connectivity index (χ2n) is 4.86. The molecule has 1 aromatic carbocycles. The molecule has 2 N–H and O–H groups in total. The van der Waals surface area contributed by atoms with E-state index in [2.05, 4.69) is 26.8 Å². The molecule has 1 heterocycles. The summed E-state index contributed by atoms with van der Waals surface area (Å²) in [6.45, 7) is 3.70. The molecule has 0 saturated heterocycles. The van der Waals surface area contributed by atoms with Gasteiger partial charge in [-0.2, -0.15) is 0 Å². The van der Waals surface area contributed by atoms with Crippen LogP contribution in [0.5, 0.6) is 0 Å². The number of carbonyl (C=O) groups excluding carboxylic acids is 2. The van der Waals surface area contributed by atoms with Crippen LogP contribution in [0.2, 0.25) is 0 Å². The highest BCUT2D eigenvalue weighted by Crippen LogP contribution is 2.15. The summed E-state index contributed by atoms with van der Waals surface area (Å²) in [6, 6.07) is 11.1. The van der Waals surface area contributed by atoms with Crippen LogP contribution in [0, 0.1) is 0 Å². The third-order valence-electron chi connectivity index (χ3n) is 3.21. The first-order valence-corrected chi connectivity index (χ1v) is 8.86. The van der Waals surface area contributed by atoms with Crippen molar-refractivity contribution < 1.29 is 9.59 Å². The molecular formula is C16H18BrN3O2S. The van der Waals surface area contributed by atoms with Crippen LogP contribution < -0.4 is 10.9 Å². The maximum Gasteiger partial charge on any atom is 0.270 e. The molecule has 2 rings (SSSR count). The molecule has 0 aliphatic rings. The molecule has 7 heteroatoms. The second kappa shape index (κ2) is 8.81. The molecule has 0 aliphatic heterocycles. The van der Waals surface area contributed by atoms with E-state index in [0.29, 0.717) is 10.0 Å². The van der Waals surface area contributed by atoms with Gasteiger partial charge in [-0.3, -0.25) is 25.3 Å². The number of halogens is 1. The second-order valence-corrected chi connectivity index (χ2v) is 6.75. The molecule has 0 saturated carbocycles. The van der Waals surface area contributed by atoms with Crippen LogP contribution in [-0.4, -0.2) is 29.8 Å². The number of rotatable bonds is 6. The molecule has 0 bridgehead atoms. The monoisotopic (exact) mass is 395 g/mol. The zero-order valence-electron chi connectivity index (χ0n) is 12.7. The molecule has 0 fully saturated rings. The summed E-state index contributed by atoms with van der Waals surface area (Å²) in [5, 5.41) is 2.02. The van der Waals surface area contributed by atoms with Gasteiger partial charge in [-0.1, -0.05) is 25.1 Å². The van der Waals surface area contributed by atoms with Gasteiger partial charge in [0.15, 0.2) is 0 Å². The molecule has 122 valence electrons. The predicted molar refractivity (Wildman–Crippen MR) is 95.0 cm³/mol. The highest BCUT2D eigenvalue weighted by Gasteiger charge is 2.13. The van der Waals surface area contributed by atoms with Gasteiger partial charge in [-0.15, -0.1) is 11.3 Å². The van der Waals surface area contributed by atoms with Crippen molar-refractivity contribution in [2.45, 2.75) is 13.5 Å². The Balaban J connectivity index is 1.82. The fourth-order valence-electron chi connectivity index (χ4n) is 1.98. The number of likely N-dealkylation sites (N-methyl/N-ethyl adjacent to an activating group) is 1. The lowest BCUT2D eigenvalue weighted by Gasteiger charge is -2.19. The van der Waals surface area contributed by atoms with E-state index in [0.717, 1.165) is 13.1 Å². The van der Waals surface area contributed by atoms with E-state index in [-0.39, 0.29) is 18.4 Å².